The molecule has 1 amide bonds. The predicted octanol–water partition coefficient (Wildman–Crippen LogP) is 4.05. The highest BCUT2D eigenvalue weighted by atomic mass is 35.5. The van der Waals surface area contributed by atoms with Crippen molar-refractivity contribution < 1.29 is 9.53 Å². The van der Waals surface area contributed by atoms with Gasteiger partial charge in [-0.05, 0) is 42.7 Å². The number of nitrogen functional groups attached to an aromatic ring is 1. The largest absolute Gasteiger partial charge is 0.480 e. The molecular weight excluding hydrogens is 451 g/mol. The van der Waals surface area contributed by atoms with E-state index in [1.165, 1.54) is 13.4 Å². The number of anilines is 1. The summed E-state index contributed by atoms with van der Waals surface area (Å²) in [5, 5.41) is 8.25. The number of benzene rings is 1. The van der Waals surface area contributed by atoms with Gasteiger partial charge >= 0.3 is 0 Å². The number of pyridine rings is 1. The van der Waals surface area contributed by atoms with Crippen molar-refractivity contribution in [2.45, 2.75) is 12.8 Å². The Labute approximate surface area is 194 Å². The Balaban J connectivity index is 1.53. The standard InChI is InChI=1S/C22H20Cl2N6O2/c1-32-22-16(21(31)26-8-2-3-13-4-6-15(23)7-5-13)9-14(11-27-22)18-10-17(24)19-20(25)28-12-29-30(18)19/h4-7,9-12H,2-3,8H2,1H3,(H,26,31)(H2,25,28,29). The van der Waals surface area contributed by atoms with Crippen LogP contribution in [-0.4, -0.2) is 39.1 Å². The van der Waals surface area contributed by atoms with Crippen molar-refractivity contribution in [3.8, 4) is 17.1 Å². The van der Waals surface area contributed by atoms with Gasteiger partial charge in [-0.25, -0.2) is 14.5 Å². The van der Waals surface area contributed by atoms with Crippen molar-refractivity contribution in [2.24, 2.45) is 0 Å². The van der Waals surface area contributed by atoms with Crippen molar-refractivity contribution >= 4 is 40.4 Å². The van der Waals surface area contributed by atoms with Gasteiger partial charge in [0, 0.05) is 23.3 Å². The predicted molar refractivity (Wildman–Crippen MR) is 124 cm³/mol. The molecule has 32 heavy (non-hydrogen) atoms. The van der Waals surface area contributed by atoms with Crippen LogP contribution in [0.25, 0.3) is 16.8 Å². The number of methoxy groups -OCH3 is 1. The fourth-order valence-electron chi connectivity index (χ4n) is 3.39. The van der Waals surface area contributed by atoms with Crippen LogP contribution in [0, 0.1) is 0 Å². The van der Waals surface area contributed by atoms with E-state index in [-0.39, 0.29) is 17.6 Å². The maximum absolute atomic E-state index is 12.9. The first-order valence-corrected chi connectivity index (χ1v) is 10.6. The highest BCUT2D eigenvalue weighted by Gasteiger charge is 2.19. The lowest BCUT2D eigenvalue weighted by molar-refractivity contribution is 0.0949. The van der Waals surface area contributed by atoms with Gasteiger partial charge in [0.15, 0.2) is 5.82 Å². The fraction of sp³-hybridized carbons (Fsp3) is 0.182. The smallest absolute Gasteiger partial charge is 0.256 e. The zero-order chi connectivity index (χ0) is 22.7. The first kappa shape index (κ1) is 21.9. The minimum absolute atomic E-state index is 0.227. The van der Waals surface area contributed by atoms with Crippen molar-refractivity contribution in [2.75, 3.05) is 19.4 Å². The average Bonchev–Trinajstić information content (AvgIpc) is 3.15. The SMILES string of the molecule is COc1ncc(-c2cc(Cl)c3c(N)ncnn23)cc1C(=O)NCCCc1ccc(Cl)cc1. The zero-order valence-corrected chi connectivity index (χ0v) is 18.7. The molecule has 0 saturated heterocycles. The second kappa shape index (κ2) is 9.42. The van der Waals surface area contributed by atoms with Crippen LogP contribution in [0.1, 0.15) is 22.3 Å². The van der Waals surface area contributed by atoms with Crippen LogP contribution in [-0.2, 0) is 6.42 Å². The molecule has 164 valence electrons. The van der Waals surface area contributed by atoms with E-state index in [2.05, 4.69) is 20.4 Å². The molecule has 3 aromatic heterocycles. The molecule has 0 aliphatic rings. The molecule has 0 fully saturated rings. The second-order valence-corrected chi connectivity index (χ2v) is 7.89. The van der Waals surface area contributed by atoms with Gasteiger partial charge in [0.25, 0.3) is 5.91 Å². The number of nitrogens with two attached hydrogens (primary N) is 1. The molecule has 3 N–H and O–H groups in total. The Morgan fingerprint density at radius 2 is 1.97 bits per heavy atom. The summed E-state index contributed by atoms with van der Waals surface area (Å²) in [6, 6.07) is 11.1. The fourth-order valence-corrected chi connectivity index (χ4v) is 3.79. The topological polar surface area (TPSA) is 107 Å². The number of halogens is 2. The third-order valence-corrected chi connectivity index (χ3v) is 5.50. The number of rotatable bonds is 7. The van der Waals surface area contributed by atoms with E-state index < -0.39 is 0 Å². The van der Waals surface area contributed by atoms with Crippen molar-refractivity contribution in [3.63, 3.8) is 0 Å². The summed E-state index contributed by atoms with van der Waals surface area (Å²) in [5.74, 6) is 0.204. The molecule has 0 aliphatic carbocycles. The lowest BCUT2D eigenvalue weighted by Gasteiger charge is -2.11. The number of hydrogen-bond acceptors (Lipinski definition) is 6. The summed E-state index contributed by atoms with van der Waals surface area (Å²) in [4.78, 5) is 21.1. The highest BCUT2D eigenvalue weighted by Crippen LogP contribution is 2.32. The molecule has 0 bridgehead atoms. The Hall–Kier alpha value is -3.36. The summed E-state index contributed by atoms with van der Waals surface area (Å²) < 4.78 is 6.86. The second-order valence-electron chi connectivity index (χ2n) is 7.05. The highest BCUT2D eigenvalue weighted by molar-refractivity contribution is 6.35. The van der Waals surface area contributed by atoms with Crippen LogP contribution in [0.3, 0.4) is 0 Å². The molecular formula is C22H20Cl2N6O2. The molecule has 0 atom stereocenters. The van der Waals surface area contributed by atoms with Gasteiger partial charge in [-0.15, -0.1) is 0 Å². The number of carbonyl (C=O) groups excluding carboxylic acids is 1. The number of nitrogens with one attached hydrogen (secondary N) is 1. The molecule has 0 saturated carbocycles. The maximum atomic E-state index is 12.9. The van der Waals surface area contributed by atoms with Crippen LogP contribution >= 0.6 is 23.2 Å². The van der Waals surface area contributed by atoms with Crippen LogP contribution < -0.4 is 15.8 Å². The normalized spacial score (nSPS) is 11.0. The van der Waals surface area contributed by atoms with E-state index in [1.807, 2.05) is 24.3 Å². The van der Waals surface area contributed by atoms with Crippen LogP contribution in [0.4, 0.5) is 5.82 Å². The van der Waals surface area contributed by atoms with Gasteiger partial charge in [-0.1, -0.05) is 35.3 Å². The number of amides is 1. The van der Waals surface area contributed by atoms with Gasteiger partial charge in [-0.3, -0.25) is 4.79 Å². The van der Waals surface area contributed by atoms with Crippen molar-refractivity contribution in [3.05, 3.63) is 70.1 Å². The summed E-state index contributed by atoms with van der Waals surface area (Å²) >= 11 is 12.2. The minimum Gasteiger partial charge on any atom is -0.480 e. The van der Waals surface area contributed by atoms with Crippen LogP contribution in [0.5, 0.6) is 5.88 Å². The number of aryl methyl sites for hydroxylation is 1. The minimum atomic E-state index is -0.284. The van der Waals surface area contributed by atoms with E-state index in [4.69, 9.17) is 33.7 Å². The third kappa shape index (κ3) is 4.46. The molecule has 1 aromatic carbocycles. The maximum Gasteiger partial charge on any atom is 0.256 e. The number of fused-ring (bicyclic) bond motifs is 1. The average molecular weight is 471 g/mol. The quantitative estimate of drug-likeness (QED) is 0.394. The zero-order valence-electron chi connectivity index (χ0n) is 17.2. The lowest BCUT2D eigenvalue weighted by Crippen LogP contribution is -2.25. The molecule has 3 heterocycles. The van der Waals surface area contributed by atoms with Crippen molar-refractivity contribution in [1.29, 1.82) is 0 Å². The van der Waals surface area contributed by atoms with Crippen molar-refractivity contribution in [1.82, 2.24) is 24.9 Å². The molecule has 10 heteroatoms. The Bertz CT molecular complexity index is 1270. The molecule has 4 rings (SSSR count). The molecule has 0 spiro atoms. The number of nitrogens with zero attached hydrogens (tertiary/aromatic N) is 4. The van der Waals surface area contributed by atoms with Gasteiger partial charge in [-0.2, -0.15) is 5.10 Å². The van der Waals surface area contributed by atoms with Crippen LogP contribution in [0.2, 0.25) is 10.0 Å². The van der Waals surface area contributed by atoms with E-state index in [1.54, 1.807) is 22.8 Å². The number of ether oxygens (including phenoxy) is 1. The molecule has 0 unspecified atom stereocenters. The Morgan fingerprint density at radius 1 is 1.19 bits per heavy atom. The van der Waals surface area contributed by atoms with Gasteiger partial charge < -0.3 is 15.8 Å². The summed E-state index contributed by atoms with van der Waals surface area (Å²) in [7, 11) is 1.47. The van der Waals surface area contributed by atoms with E-state index >= 15 is 0 Å². The van der Waals surface area contributed by atoms with Gasteiger partial charge in [0.05, 0.1) is 17.8 Å². The number of carbonyl (C=O) groups is 1. The third-order valence-electron chi connectivity index (χ3n) is 4.96. The van der Waals surface area contributed by atoms with E-state index in [0.717, 1.165) is 18.4 Å². The monoisotopic (exact) mass is 470 g/mol. The summed E-state index contributed by atoms with van der Waals surface area (Å²) in [5.41, 5.74) is 9.15. The lowest BCUT2D eigenvalue weighted by atomic mass is 10.1. The van der Waals surface area contributed by atoms with Gasteiger partial charge in [0.2, 0.25) is 5.88 Å². The van der Waals surface area contributed by atoms with Gasteiger partial charge in [0.1, 0.15) is 17.4 Å². The number of hydrogen-bond donors (Lipinski definition) is 2. The van der Waals surface area contributed by atoms with Crippen LogP contribution in [0.15, 0.2) is 48.9 Å². The summed E-state index contributed by atoms with van der Waals surface area (Å²) in [6.07, 6.45) is 4.53. The molecule has 4 aromatic rings. The first-order chi connectivity index (χ1) is 15.5. The van der Waals surface area contributed by atoms with E-state index in [9.17, 15) is 4.79 Å². The first-order valence-electron chi connectivity index (χ1n) is 9.82. The number of aromatic nitrogens is 4. The Kier molecular flexibility index (Phi) is 6.43. The Morgan fingerprint density at radius 3 is 2.72 bits per heavy atom. The molecule has 8 nitrogen and oxygen atoms in total. The molecule has 0 aliphatic heterocycles. The summed E-state index contributed by atoms with van der Waals surface area (Å²) in [6.45, 7) is 0.498. The van der Waals surface area contributed by atoms with E-state index in [0.29, 0.717) is 38.9 Å². The molecule has 0 radical (unpaired) electrons.